The number of anilines is 1. The van der Waals surface area contributed by atoms with Gasteiger partial charge in [-0.2, -0.15) is 4.98 Å². The van der Waals surface area contributed by atoms with Gasteiger partial charge in [0.2, 0.25) is 5.95 Å². The van der Waals surface area contributed by atoms with Crippen LogP contribution in [0.3, 0.4) is 0 Å². The molecule has 0 amide bonds. The Morgan fingerprint density at radius 3 is 3.07 bits per heavy atom. The van der Waals surface area contributed by atoms with Crippen molar-refractivity contribution in [2.24, 2.45) is 0 Å². The molecule has 0 aromatic carbocycles. The van der Waals surface area contributed by atoms with Gasteiger partial charge in [-0.1, -0.05) is 0 Å². The van der Waals surface area contributed by atoms with Crippen LogP contribution in [0, 0.1) is 0 Å². The summed E-state index contributed by atoms with van der Waals surface area (Å²) in [6.07, 6.45) is 3.81. The summed E-state index contributed by atoms with van der Waals surface area (Å²) in [5.74, 6) is 0.599. The minimum atomic E-state index is -0.167. The predicted octanol–water partition coefficient (Wildman–Crippen LogP) is 0.245. The molecule has 0 bridgehead atoms. The number of nitrogens with zero attached hydrogens (tertiary/aromatic N) is 3. The molecule has 2 heterocycles. The molecule has 1 saturated carbocycles. The molecule has 2 aromatic rings. The van der Waals surface area contributed by atoms with E-state index in [9.17, 15) is 4.79 Å². The molecular weight excluding hydrogens is 194 g/mol. The van der Waals surface area contributed by atoms with Gasteiger partial charge in [-0.25, -0.2) is 4.98 Å². The van der Waals surface area contributed by atoms with Crippen molar-refractivity contribution in [3.05, 3.63) is 16.7 Å². The van der Waals surface area contributed by atoms with Crippen molar-refractivity contribution in [3.63, 3.8) is 0 Å². The van der Waals surface area contributed by atoms with Gasteiger partial charge in [-0.15, -0.1) is 0 Å². The van der Waals surface area contributed by atoms with E-state index in [1.165, 1.54) is 19.2 Å². The van der Waals surface area contributed by atoms with E-state index in [-0.39, 0.29) is 5.56 Å². The van der Waals surface area contributed by atoms with Crippen LogP contribution in [0.15, 0.2) is 11.1 Å². The monoisotopic (exact) mass is 205 g/mol. The lowest BCUT2D eigenvalue weighted by Gasteiger charge is -2.15. The number of hydrogen-bond acceptors (Lipinski definition) is 4. The zero-order valence-corrected chi connectivity index (χ0v) is 8.32. The highest BCUT2D eigenvalue weighted by atomic mass is 16.1. The topological polar surface area (TPSA) is 77.7 Å². The average Bonchev–Trinajstić information content (AvgIpc) is 2.96. The fourth-order valence-electron chi connectivity index (χ4n) is 1.63. The predicted molar refractivity (Wildman–Crippen MR) is 55.9 cm³/mol. The van der Waals surface area contributed by atoms with E-state index < -0.39 is 0 Å². The van der Waals surface area contributed by atoms with Crippen molar-refractivity contribution in [3.8, 4) is 0 Å². The van der Waals surface area contributed by atoms with E-state index in [1.807, 2.05) is 11.9 Å². The van der Waals surface area contributed by atoms with Crippen molar-refractivity contribution in [1.29, 1.82) is 0 Å². The Morgan fingerprint density at radius 1 is 1.53 bits per heavy atom. The van der Waals surface area contributed by atoms with Crippen LogP contribution in [0.2, 0.25) is 0 Å². The Labute approximate surface area is 85.4 Å². The number of imidazole rings is 1. The minimum Gasteiger partial charge on any atom is -0.342 e. The van der Waals surface area contributed by atoms with Gasteiger partial charge in [-0.05, 0) is 12.8 Å². The molecule has 0 atom stereocenters. The van der Waals surface area contributed by atoms with Gasteiger partial charge in [0.25, 0.3) is 5.56 Å². The second kappa shape index (κ2) is 2.82. The normalized spacial score (nSPS) is 15.8. The molecule has 1 fully saturated rings. The molecule has 0 aliphatic heterocycles. The van der Waals surface area contributed by atoms with Crippen LogP contribution in [-0.4, -0.2) is 33.0 Å². The number of hydrogen-bond donors (Lipinski definition) is 2. The first-order valence-electron chi connectivity index (χ1n) is 4.92. The van der Waals surface area contributed by atoms with Gasteiger partial charge in [-0.3, -0.25) is 9.78 Å². The molecule has 1 aliphatic carbocycles. The maximum Gasteiger partial charge on any atom is 0.278 e. The molecule has 2 aromatic heterocycles. The molecule has 2 N–H and O–H groups in total. The van der Waals surface area contributed by atoms with Crippen LogP contribution in [0.1, 0.15) is 12.8 Å². The summed E-state index contributed by atoms with van der Waals surface area (Å²) in [7, 11) is 1.94. The Hall–Kier alpha value is -1.85. The van der Waals surface area contributed by atoms with Gasteiger partial charge in [0.1, 0.15) is 0 Å². The maximum absolute atomic E-state index is 11.6. The fourth-order valence-corrected chi connectivity index (χ4v) is 1.63. The molecule has 6 heteroatoms. The Bertz CT molecular complexity index is 553. The zero-order chi connectivity index (χ0) is 10.4. The number of aromatic amines is 2. The van der Waals surface area contributed by atoms with E-state index >= 15 is 0 Å². The lowest BCUT2D eigenvalue weighted by molar-refractivity contribution is 0.861. The Balaban J connectivity index is 2.14. The molecule has 3 rings (SSSR count). The van der Waals surface area contributed by atoms with Crippen molar-refractivity contribution in [2.75, 3.05) is 11.9 Å². The number of H-pyrrole nitrogens is 2. The molecule has 0 spiro atoms. The third kappa shape index (κ3) is 1.29. The van der Waals surface area contributed by atoms with E-state index in [2.05, 4.69) is 19.9 Å². The van der Waals surface area contributed by atoms with Crippen LogP contribution in [0.5, 0.6) is 0 Å². The summed E-state index contributed by atoms with van der Waals surface area (Å²) in [6, 6.07) is 0.518. The summed E-state index contributed by atoms with van der Waals surface area (Å²) in [5, 5.41) is 0. The minimum absolute atomic E-state index is 0.167. The third-order valence-corrected chi connectivity index (χ3v) is 2.71. The molecule has 6 nitrogen and oxygen atoms in total. The lowest BCUT2D eigenvalue weighted by atomic mass is 10.5. The quantitative estimate of drug-likeness (QED) is 0.736. The van der Waals surface area contributed by atoms with Gasteiger partial charge in [0.15, 0.2) is 11.2 Å². The van der Waals surface area contributed by atoms with Crippen LogP contribution in [0.25, 0.3) is 11.2 Å². The fraction of sp³-hybridized carbons (Fsp3) is 0.444. The first-order chi connectivity index (χ1) is 7.25. The highest BCUT2D eigenvalue weighted by Crippen LogP contribution is 2.27. The molecule has 1 aliphatic rings. The zero-order valence-electron chi connectivity index (χ0n) is 8.32. The largest absolute Gasteiger partial charge is 0.342 e. The second-order valence-electron chi connectivity index (χ2n) is 3.83. The van der Waals surface area contributed by atoms with Crippen LogP contribution in [0.4, 0.5) is 5.95 Å². The van der Waals surface area contributed by atoms with Crippen molar-refractivity contribution >= 4 is 17.1 Å². The molecule has 0 saturated heterocycles. The van der Waals surface area contributed by atoms with Gasteiger partial charge in [0.05, 0.1) is 6.33 Å². The molecule has 0 unspecified atom stereocenters. The summed E-state index contributed by atoms with van der Waals surface area (Å²) >= 11 is 0. The van der Waals surface area contributed by atoms with Crippen molar-refractivity contribution in [1.82, 2.24) is 19.9 Å². The van der Waals surface area contributed by atoms with Gasteiger partial charge < -0.3 is 9.88 Å². The standard InChI is InChI=1S/C9H11N5O/c1-14(5-2-3-5)9-12-7-6(8(15)13-9)10-4-11-7/h4-5H,2-3H2,1H3,(H2,10,11,12,13,15). The summed E-state index contributed by atoms with van der Waals surface area (Å²) in [4.78, 5) is 27.4. The first kappa shape index (κ1) is 8.46. The van der Waals surface area contributed by atoms with Crippen molar-refractivity contribution < 1.29 is 0 Å². The SMILES string of the molecule is CN(c1nc2nc[nH]c2c(=O)[nH]1)C1CC1. The van der Waals surface area contributed by atoms with E-state index in [1.54, 1.807) is 0 Å². The van der Waals surface area contributed by atoms with Crippen LogP contribution in [-0.2, 0) is 0 Å². The number of fused-ring (bicyclic) bond motifs is 1. The van der Waals surface area contributed by atoms with E-state index in [4.69, 9.17) is 0 Å². The Kier molecular flexibility index (Phi) is 1.59. The van der Waals surface area contributed by atoms with Gasteiger partial charge >= 0.3 is 0 Å². The van der Waals surface area contributed by atoms with E-state index in [0.29, 0.717) is 23.2 Å². The lowest BCUT2D eigenvalue weighted by Crippen LogP contribution is -2.25. The number of rotatable bonds is 2. The highest BCUT2D eigenvalue weighted by Gasteiger charge is 2.28. The second-order valence-corrected chi connectivity index (χ2v) is 3.83. The third-order valence-electron chi connectivity index (χ3n) is 2.71. The maximum atomic E-state index is 11.6. The average molecular weight is 205 g/mol. The highest BCUT2D eigenvalue weighted by molar-refractivity contribution is 5.69. The summed E-state index contributed by atoms with van der Waals surface area (Å²) < 4.78 is 0. The van der Waals surface area contributed by atoms with Crippen LogP contribution >= 0.6 is 0 Å². The smallest absolute Gasteiger partial charge is 0.278 e. The molecule has 0 radical (unpaired) electrons. The summed E-state index contributed by atoms with van der Waals surface area (Å²) in [6.45, 7) is 0. The number of nitrogens with one attached hydrogen (secondary N) is 2. The number of aromatic nitrogens is 4. The molecule has 78 valence electrons. The summed E-state index contributed by atoms with van der Waals surface area (Å²) in [5.41, 5.74) is 0.740. The Morgan fingerprint density at radius 2 is 2.33 bits per heavy atom. The van der Waals surface area contributed by atoms with Gasteiger partial charge in [0, 0.05) is 13.1 Å². The van der Waals surface area contributed by atoms with E-state index in [0.717, 1.165) is 0 Å². The van der Waals surface area contributed by atoms with Crippen molar-refractivity contribution in [2.45, 2.75) is 18.9 Å². The molecular formula is C9H11N5O. The molecule has 15 heavy (non-hydrogen) atoms. The van der Waals surface area contributed by atoms with Crippen LogP contribution < -0.4 is 10.5 Å². The first-order valence-corrected chi connectivity index (χ1v) is 4.92.